The number of aliphatic hydroxyl groups excluding tert-OH is 1. The second kappa shape index (κ2) is 9.46. The first kappa shape index (κ1) is 25.2. The van der Waals surface area contributed by atoms with Gasteiger partial charge in [-0.2, -0.15) is 0 Å². The number of ether oxygens (including phenoxy) is 1. The van der Waals surface area contributed by atoms with Crippen molar-refractivity contribution in [1.82, 2.24) is 14.5 Å². The van der Waals surface area contributed by atoms with Crippen molar-refractivity contribution in [3.8, 4) is 11.4 Å². The van der Waals surface area contributed by atoms with Crippen LogP contribution in [0.25, 0.3) is 22.3 Å². The molecule has 1 amide bonds. The number of benzene rings is 1. The number of likely N-dealkylation sites (N-methyl/N-ethyl adjacent to an activating group) is 1. The fourth-order valence-electron chi connectivity index (χ4n) is 6.02. The molecule has 1 aromatic carbocycles. The summed E-state index contributed by atoms with van der Waals surface area (Å²) in [4.78, 5) is 44.5. The van der Waals surface area contributed by atoms with Crippen molar-refractivity contribution in [3.63, 3.8) is 0 Å². The third kappa shape index (κ3) is 3.71. The Morgan fingerprint density at radius 1 is 1.38 bits per heavy atom. The molecule has 37 heavy (non-hydrogen) atoms. The van der Waals surface area contributed by atoms with Crippen molar-refractivity contribution in [2.75, 3.05) is 20.8 Å². The van der Waals surface area contributed by atoms with E-state index in [2.05, 4.69) is 0 Å². The van der Waals surface area contributed by atoms with E-state index in [1.807, 2.05) is 13.0 Å². The van der Waals surface area contributed by atoms with Gasteiger partial charge < -0.3 is 24.1 Å². The summed E-state index contributed by atoms with van der Waals surface area (Å²) in [6.07, 6.45) is 2.48. The Balaban J connectivity index is 1.85. The van der Waals surface area contributed by atoms with Gasteiger partial charge in [-0.15, -0.1) is 0 Å². The largest absolute Gasteiger partial charge is 0.387 e. The summed E-state index contributed by atoms with van der Waals surface area (Å²) in [7, 11) is 3.16. The number of carbonyl (C=O) groups excluding carboxylic acids is 2. The van der Waals surface area contributed by atoms with Crippen LogP contribution in [0.3, 0.4) is 0 Å². The lowest BCUT2D eigenvalue weighted by atomic mass is 9.81. The number of aromatic nitrogens is 2. The minimum Gasteiger partial charge on any atom is -0.387 e. The number of pyridine rings is 2. The van der Waals surface area contributed by atoms with Crippen LogP contribution < -0.4 is 5.56 Å². The molecule has 1 N–H and O–H groups in total. The monoisotopic (exact) mass is 507 g/mol. The van der Waals surface area contributed by atoms with Gasteiger partial charge in [0.05, 0.1) is 36.1 Å². The van der Waals surface area contributed by atoms with Gasteiger partial charge in [0, 0.05) is 42.7 Å². The van der Waals surface area contributed by atoms with E-state index in [1.54, 1.807) is 18.5 Å². The second-order valence-corrected chi connectivity index (χ2v) is 9.86. The molecule has 2 aliphatic rings. The van der Waals surface area contributed by atoms with Gasteiger partial charge in [0.25, 0.3) is 5.56 Å². The Kier molecular flexibility index (Phi) is 6.45. The average Bonchev–Trinajstić information content (AvgIpc) is 3.27. The van der Waals surface area contributed by atoms with Gasteiger partial charge in [0.15, 0.2) is 0 Å². The molecule has 0 bridgehead atoms. The lowest BCUT2D eigenvalue weighted by Crippen LogP contribution is -2.35. The lowest BCUT2D eigenvalue weighted by Gasteiger charge is -2.35. The molecule has 0 spiro atoms. The average molecular weight is 508 g/mol. The van der Waals surface area contributed by atoms with E-state index in [-0.39, 0.29) is 30.6 Å². The molecule has 9 heteroatoms. The Labute approximate surface area is 213 Å². The molecule has 0 saturated heterocycles. The Hall–Kier alpha value is -3.43. The number of amides is 1. The van der Waals surface area contributed by atoms with Crippen LogP contribution in [0.2, 0.25) is 0 Å². The van der Waals surface area contributed by atoms with Crippen LogP contribution in [0.1, 0.15) is 65.1 Å². The Bertz CT molecular complexity index is 1510. The van der Waals surface area contributed by atoms with Gasteiger partial charge in [0.1, 0.15) is 18.7 Å². The predicted molar refractivity (Wildman–Crippen MR) is 136 cm³/mol. The first-order valence-electron chi connectivity index (χ1n) is 12.5. The number of nitrogens with zero attached hydrogens (tertiary/aromatic N) is 3. The number of rotatable bonds is 7. The predicted octanol–water partition coefficient (Wildman–Crippen LogP) is 3.15. The number of fused-ring (bicyclic) bond motifs is 4. The molecule has 2 atom stereocenters. The highest BCUT2D eigenvalue weighted by molar-refractivity contribution is 5.93. The Morgan fingerprint density at radius 2 is 2.14 bits per heavy atom. The third-order valence-corrected chi connectivity index (χ3v) is 8.03. The maximum atomic E-state index is 15.0. The number of aliphatic hydroxyl groups is 1. The van der Waals surface area contributed by atoms with Gasteiger partial charge in [0.2, 0.25) is 5.91 Å². The number of methoxy groups -OCH3 is 1. The summed E-state index contributed by atoms with van der Waals surface area (Å²) in [5.41, 5.74) is 5.44. The van der Waals surface area contributed by atoms with E-state index in [4.69, 9.17) is 9.72 Å². The van der Waals surface area contributed by atoms with Crippen LogP contribution in [0.5, 0.6) is 0 Å². The van der Waals surface area contributed by atoms with Crippen molar-refractivity contribution >= 4 is 23.1 Å². The number of hydrogen-bond donors (Lipinski definition) is 1. The first-order valence-corrected chi connectivity index (χ1v) is 12.5. The maximum absolute atomic E-state index is 15.0. The zero-order valence-electron chi connectivity index (χ0n) is 21.4. The lowest BCUT2D eigenvalue weighted by molar-refractivity contribution is -0.135. The topological polar surface area (TPSA) is 102 Å². The van der Waals surface area contributed by atoms with Gasteiger partial charge in [-0.25, -0.2) is 9.37 Å². The normalized spacial score (nSPS) is 16.4. The minimum atomic E-state index is -0.619. The van der Waals surface area contributed by atoms with E-state index in [0.29, 0.717) is 52.9 Å². The highest BCUT2D eigenvalue weighted by Gasteiger charge is 2.37. The SMILES string of the molecule is CCC(C=O)c1cc2n(c(=O)c1COC)Cc1c-2nc2cc(F)c(C)c3c2c1C(N(C)C(=O)CO)CC3. The van der Waals surface area contributed by atoms with E-state index >= 15 is 0 Å². The van der Waals surface area contributed by atoms with E-state index in [1.165, 1.54) is 18.1 Å². The number of hydrogen-bond acceptors (Lipinski definition) is 6. The number of halogens is 1. The highest BCUT2D eigenvalue weighted by Crippen LogP contribution is 2.46. The molecule has 0 fully saturated rings. The minimum absolute atomic E-state index is 0.0717. The van der Waals surface area contributed by atoms with E-state index < -0.39 is 18.4 Å². The third-order valence-electron chi connectivity index (χ3n) is 8.03. The molecule has 1 aliphatic carbocycles. The van der Waals surface area contributed by atoms with Gasteiger partial charge in [-0.1, -0.05) is 6.92 Å². The smallest absolute Gasteiger partial charge is 0.257 e. The van der Waals surface area contributed by atoms with Crippen molar-refractivity contribution in [2.45, 2.75) is 58.2 Å². The molecule has 3 heterocycles. The van der Waals surface area contributed by atoms with Crippen LogP contribution in [0.4, 0.5) is 4.39 Å². The fraction of sp³-hybridized carbons (Fsp3) is 0.429. The highest BCUT2D eigenvalue weighted by atomic mass is 19.1. The standard InChI is InChI=1S/C28H30FN3O5/c1-5-15(11-33)17-8-23-27-18(10-32(23)28(36)19(17)13-37-4)26-22(31(3)24(35)12-34)7-6-16-14(2)20(29)9-21(30-27)25(16)26/h8-9,11,15,22,34H,5-7,10,12-13H2,1-4H3. The number of aryl methyl sites for hydroxylation is 1. The van der Waals surface area contributed by atoms with Gasteiger partial charge in [-0.05, 0) is 54.5 Å². The van der Waals surface area contributed by atoms with Crippen molar-refractivity contribution < 1.29 is 23.8 Å². The molecule has 5 rings (SSSR count). The van der Waals surface area contributed by atoms with Gasteiger partial charge >= 0.3 is 0 Å². The number of aldehydes is 1. The quantitative estimate of drug-likeness (QED) is 0.386. The molecule has 3 aromatic rings. The first-order chi connectivity index (χ1) is 17.8. The molecule has 0 radical (unpaired) electrons. The molecule has 8 nitrogen and oxygen atoms in total. The van der Waals surface area contributed by atoms with Crippen molar-refractivity contribution in [1.29, 1.82) is 0 Å². The van der Waals surface area contributed by atoms with Crippen LogP contribution in [-0.4, -0.2) is 52.5 Å². The van der Waals surface area contributed by atoms with Crippen molar-refractivity contribution in [2.24, 2.45) is 0 Å². The molecule has 0 saturated carbocycles. The zero-order chi connectivity index (χ0) is 26.6. The molecule has 2 unspecified atom stereocenters. The second-order valence-electron chi connectivity index (χ2n) is 9.86. The zero-order valence-corrected chi connectivity index (χ0v) is 21.4. The molecular weight excluding hydrogens is 477 g/mol. The van der Waals surface area contributed by atoms with Crippen molar-refractivity contribution in [3.05, 3.63) is 61.7 Å². The molecule has 194 valence electrons. The number of carbonyl (C=O) groups is 2. The van der Waals surface area contributed by atoms with Crippen LogP contribution >= 0.6 is 0 Å². The van der Waals surface area contributed by atoms with Crippen LogP contribution in [-0.2, 0) is 33.9 Å². The summed E-state index contributed by atoms with van der Waals surface area (Å²) in [5.74, 6) is -1.24. The summed E-state index contributed by atoms with van der Waals surface area (Å²) in [6.45, 7) is 3.32. The summed E-state index contributed by atoms with van der Waals surface area (Å²) >= 11 is 0. The molecule has 1 aliphatic heterocycles. The summed E-state index contributed by atoms with van der Waals surface area (Å²) in [5, 5.41) is 10.4. The molecule has 2 aromatic heterocycles. The summed E-state index contributed by atoms with van der Waals surface area (Å²) < 4.78 is 21.9. The van der Waals surface area contributed by atoms with E-state index in [0.717, 1.165) is 28.4 Å². The molecular formula is C28H30FN3O5. The summed E-state index contributed by atoms with van der Waals surface area (Å²) in [6, 6.07) is 2.88. The van der Waals surface area contributed by atoms with E-state index in [9.17, 15) is 23.9 Å². The van der Waals surface area contributed by atoms with Crippen LogP contribution in [0.15, 0.2) is 16.9 Å². The maximum Gasteiger partial charge on any atom is 0.257 e. The van der Waals surface area contributed by atoms with Gasteiger partial charge in [-0.3, -0.25) is 9.59 Å². The fourth-order valence-corrected chi connectivity index (χ4v) is 6.02. The van der Waals surface area contributed by atoms with Crippen LogP contribution in [0, 0.1) is 12.7 Å². The Morgan fingerprint density at radius 3 is 2.78 bits per heavy atom.